The normalized spacial score (nSPS) is 16.0. The van der Waals surface area contributed by atoms with Gasteiger partial charge in [-0.05, 0) is 38.8 Å². The van der Waals surface area contributed by atoms with Crippen molar-refractivity contribution in [2.45, 2.75) is 70.6 Å². The van der Waals surface area contributed by atoms with Gasteiger partial charge in [-0.3, -0.25) is 0 Å². The van der Waals surface area contributed by atoms with E-state index >= 15 is 0 Å². The van der Waals surface area contributed by atoms with Crippen LogP contribution in [0.2, 0.25) is 19.6 Å². The van der Waals surface area contributed by atoms with Crippen molar-refractivity contribution in [1.82, 2.24) is 0 Å². The van der Waals surface area contributed by atoms with Crippen LogP contribution in [-0.2, 0) is 10.8 Å². The molecule has 0 heterocycles. The highest BCUT2D eigenvalue weighted by Crippen LogP contribution is 2.54. The third-order valence-electron chi connectivity index (χ3n) is 7.20. The van der Waals surface area contributed by atoms with E-state index < -0.39 is 8.07 Å². The molecule has 2 heteroatoms. The average Bonchev–Trinajstić information content (AvgIpc) is 3.07. The highest BCUT2D eigenvalue weighted by Gasteiger charge is 2.42. The summed E-state index contributed by atoms with van der Waals surface area (Å²) in [4.78, 5) is 0. The molecule has 0 bridgehead atoms. The maximum absolute atomic E-state index is 6.09. The van der Waals surface area contributed by atoms with Crippen LogP contribution in [0.3, 0.4) is 0 Å². The molecule has 4 rings (SSSR count). The van der Waals surface area contributed by atoms with E-state index in [0.717, 1.165) is 5.75 Å². The fourth-order valence-corrected chi connectivity index (χ4v) is 8.05. The summed E-state index contributed by atoms with van der Waals surface area (Å²) in [5.41, 5.74) is 10.2. The Bertz CT molecular complexity index is 1160. The second kappa shape index (κ2) is 7.62. The Hall–Kier alpha value is -2.32. The van der Waals surface area contributed by atoms with E-state index in [4.69, 9.17) is 4.74 Å². The highest BCUT2D eigenvalue weighted by molar-refractivity contribution is 6.78. The monoisotopic (exact) mass is 442 g/mol. The van der Waals surface area contributed by atoms with Crippen molar-refractivity contribution >= 4 is 8.07 Å². The Balaban J connectivity index is 2.00. The zero-order chi connectivity index (χ0) is 23.5. The van der Waals surface area contributed by atoms with Crippen LogP contribution in [0.5, 0.6) is 5.75 Å². The van der Waals surface area contributed by atoms with Crippen LogP contribution >= 0.6 is 0 Å². The van der Waals surface area contributed by atoms with Crippen molar-refractivity contribution < 1.29 is 4.74 Å². The first kappa shape index (κ1) is 22.9. The molecule has 3 aromatic rings. The predicted molar refractivity (Wildman–Crippen MR) is 141 cm³/mol. The SMILES string of the molecule is COc1c(C(C)(C)C)cccc1C(C)(C)c1cccc2c1C([Si](C)(C)C)c1ccccc1-2. The number of rotatable bonds is 4. The van der Waals surface area contributed by atoms with Crippen molar-refractivity contribution in [1.29, 1.82) is 0 Å². The molecule has 1 aliphatic rings. The van der Waals surface area contributed by atoms with Crippen molar-refractivity contribution in [3.8, 4) is 16.9 Å². The van der Waals surface area contributed by atoms with Crippen LogP contribution in [0.25, 0.3) is 11.1 Å². The van der Waals surface area contributed by atoms with Crippen molar-refractivity contribution in [3.63, 3.8) is 0 Å². The van der Waals surface area contributed by atoms with Gasteiger partial charge < -0.3 is 4.74 Å². The van der Waals surface area contributed by atoms with E-state index in [1.807, 2.05) is 7.11 Å². The maximum atomic E-state index is 6.09. The summed E-state index contributed by atoms with van der Waals surface area (Å²) in [7, 11) is 0.288. The lowest BCUT2D eigenvalue weighted by atomic mass is 9.72. The van der Waals surface area contributed by atoms with Crippen LogP contribution in [0.15, 0.2) is 60.7 Å². The standard InChI is InChI=1S/C30H38OSi/c1-29(2,3)24-18-13-19-25(27(24)31-6)30(4,5)23-17-12-16-21-20-14-10-11-15-22(20)28(26(21)23)32(7,8)9/h10-19,28H,1-9H3. The Labute approximate surface area is 195 Å². The Morgan fingerprint density at radius 2 is 1.25 bits per heavy atom. The number of ether oxygens (including phenoxy) is 1. The molecule has 0 fully saturated rings. The first-order valence-corrected chi connectivity index (χ1v) is 15.4. The Morgan fingerprint density at radius 1 is 0.688 bits per heavy atom. The van der Waals surface area contributed by atoms with E-state index in [1.54, 1.807) is 5.56 Å². The zero-order valence-electron chi connectivity index (χ0n) is 21.3. The third-order valence-corrected chi connectivity index (χ3v) is 9.53. The second-order valence-electron chi connectivity index (χ2n) is 11.9. The molecule has 3 aromatic carbocycles. The molecule has 1 atom stereocenters. The molecule has 168 valence electrons. The topological polar surface area (TPSA) is 9.23 Å². The minimum Gasteiger partial charge on any atom is -0.496 e. The van der Waals surface area contributed by atoms with Gasteiger partial charge >= 0.3 is 0 Å². The molecule has 0 saturated carbocycles. The molecule has 1 aliphatic carbocycles. The zero-order valence-corrected chi connectivity index (χ0v) is 22.3. The number of hydrogen-bond donors (Lipinski definition) is 0. The van der Waals surface area contributed by atoms with Gasteiger partial charge in [-0.2, -0.15) is 0 Å². The average molecular weight is 443 g/mol. The first-order chi connectivity index (χ1) is 14.9. The van der Waals surface area contributed by atoms with Crippen LogP contribution in [0, 0.1) is 0 Å². The van der Waals surface area contributed by atoms with E-state index in [1.165, 1.54) is 33.4 Å². The van der Waals surface area contributed by atoms with Gasteiger partial charge in [-0.25, -0.2) is 0 Å². The van der Waals surface area contributed by atoms with E-state index in [9.17, 15) is 0 Å². The molecule has 1 unspecified atom stereocenters. The van der Waals surface area contributed by atoms with Crippen LogP contribution < -0.4 is 4.74 Å². The van der Waals surface area contributed by atoms with Crippen LogP contribution in [0.4, 0.5) is 0 Å². The largest absolute Gasteiger partial charge is 0.496 e. The molecule has 1 nitrogen and oxygen atoms in total. The summed E-state index contributed by atoms with van der Waals surface area (Å²) in [6.07, 6.45) is 0. The lowest BCUT2D eigenvalue weighted by Crippen LogP contribution is -2.33. The lowest BCUT2D eigenvalue weighted by molar-refractivity contribution is 0.384. The number of benzene rings is 3. The number of para-hydroxylation sites is 1. The van der Waals surface area contributed by atoms with Gasteiger partial charge in [0.25, 0.3) is 0 Å². The fraction of sp³-hybridized carbons (Fsp3) is 0.400. The van der Waals surface area contributed by atoms with Gasteiger partial charge in [0, 0.05) is 16.5 Å². The number of methoxy groups -OCH3 is 1. The highest BCUT2D eigenvalue weighted by atomic mass is 28.3. The number of fused-ring (bicyclic) bond motifs is 3. The minimum atomic E-state index is -1.53. The summed E-state index contributed by atoms with van der Waals surface area (Å²) < 4.78 is 6.09. The molecular formula is C30H38OSi. The molecule has 0 N–H and O–H groups in total. The van der Waals surface area contributed by atoms with Gasteiger partial charge in [-0.15, -0.1) is 0 Å². The van der Waals surface area contributed by atoms with E-state index in [-0.39, 0.29) is 10.8 Å². The van der Waals surface area contributed by atoms with Gasteiger partial charge in [0.1, 0.15) is 5.75 Å². The van der Waals surface area contributed by atoms with Crippen molar-refractivity contribution in [2.75, 3.05) is 7.11 Å². The van der Waals surface area contributed by atoms with Gasteiger partial charge in [0.15, 0.2) is 0 Å². The van der Waals surface area contributed by atoms with E-state index in [2.05, 4.69) is 115 Å². The molecule has 0 spiro atoms. The molecule has 0 amide bonds. The Kier molecular flexibility index (Phi) is 5.45. The molecule has 0 aliphatic heterocycles. The summed E-state index contributed by atoms with van der Waals surface area (Å²) in [6.45, 7) is 19.1. The Morgan fingerprint density at radius 3 is 1.88 bits per heavy atom. The molecule has 32 heavy (non-hydrogen) atoms. The molecule has 0 saturated heterocycles. The number of hydrogen-bond acceptors (Lipinski definition) is 1. The smallest absolute Gasteiger partial charge is 0.126 e. The molecular weight excluding hydrogens is 404 g/mol. The predicted octanol–water partition coefficient (Wildman–Crippen LogP) is 8.31. The second-order valence-corrected chi connectivity index (χ2v) is 17.2. The summed E-state index contributed by atoms with van der Waals surface area (Å²) in [5.74, 6) is 1.03. The lowest BCUT2D eigenvalue weighted by Gasteiger charge is -2.36. The fourth-order valence-electron chi connectivity index (χ4n) is 5.69. The van der Waals surface area contributed by atoms with E-state index in [0.29, 0.717) is 5.54 Å². The quantitative estimate of drug-likeness (QED) is 0.369. The third kappa shape index (κ3) is 3.53. The summed E-state index contributed by atoms with van der Waals surface area (Å²) in [5, 5.41) is 0. The minimum absolute atomic E-state index is 0.0210. The molecule has 0 radical (unpaired) electrons. The first-order valence-electron chi connectivity index (χ1n) is 11.8. The molecule has 0 aromatic heterocycles. The van der Waals surface area contributed by atoms with Crippen LogP contribution in [0.1, 0.15) is 68.0 Å². The van der Waals surface area contributed by atoms with Gasteiger partial charge in [0.05, 0.1) is 15.2 Å². The van der Waals surface area contributed by atoms with Gasteiger partial charge in [0.2, 0.25) is 0 Å². The summed E-state index contributed by atoms with van der Waals surface area (Å²) in [6, 6.07) is 22.7. The summed E-state index contributed by atoms with van der Waals surface area (Å²) >= 11 is 0. The van der Waals surface area contributed by atoms with Gasteiger partial charge in [-0.1, -0.05) is 115 Å². The van der Waals surface area contributed by atoms with Crippen molar-refractivity contribution in [2.24, 2.45) is 0 Å². The maximum Gasteiger partial charge on any atom is 0.126 e. The van der Waals surface area contributed by atoms with Crippen LogP contribution in [-0.4, -0.2) is 15.2 Å². The van der Waals surface area contributed by atoms with Crippen molar-refractivity contribution in [3.05, 3.63) is 88.5 Å².